The predicted molar refractivity (Wildman–Crippen MR) is 181 cm³/mol. The van der Waals surface area contributed by atoms with Crippen molar-refractivity contribution in [2.24, 2.45) is 17.8 Å². The number of allylic oxidation sites excluding steroid dienone is 1. The van der Waals surface area contributed by atoms with Crippen LogP contribution in [0.15, 0.2) is 78.9 Å². The van der Waals surface area contributed by atoms with Crippen molar-refractivity contribution in [1.29, 1.82) is 0 Å². The van der Waals surface area contributed by atoms with Gasteiger partial charge in [-0.05, 0) is 36.5 Å². The average Bonchev–Trinajstić information content (AvgIpc) is 3.71. The van der Waals surface area contributed by atoms with Gasteiger partial charge >= 0.3 is 5.97 Å². The SMILES string of the molecule is CC(C)C[C@H](CO)N1C(=O)[C@H]2[C@@H]3C(=O)O[C@@H](c4ccccc4)CNC(=O)CC/C=C\[C@@H]3O[C@]23C=CCN(Cn2nnc4ccccc42)C(=O)[C@H]13. The first-order chi connectivity index (χ1) is 24.2. The van der Waals surface area contributed by atoms with Crippen LogP contribution in [0.5, 0.6) is 0 Å². The van der Waals surface area contributed by atoms with E-state index in [0.717, 1.165) is 5.52 Å². The molecule has 2 fully saturated rings. The zero-order chi connectivity index (χ0) is 35.0. The zero-order valence-corrected chi connectivity index (χ0v) is 28.1. The van der Waals surface area contributed by atoms with Gasteiger partial charge in [0.1, 0.15) is 35.9 Å². The number of aliphatic hydroxyl groups is 1. The Morgan fingerprint density at radius 1 is 1.02 bits per heavy atom. The molecule has 0 aliphatic carbocycles. The van der Waals surface area contributed by atoms with E-state index in [1.54, 1.807) is 33.9 Å². The number of aromatic nitrogens is 3. The predicted octanol–water partition coefficient (Wildman–Crippen LogP) is 2.53. The molecule has 2 aromatic carbocycles. The number of cyclic esters (lactones) is 1. The second-order valence-electron chi connectivity index (χ2n) is 13.8. The maximum Gasteiger partial charge on any atom is 0.313 e. The summed E-state index contributed by atoms with van der Waals surface area (Å²) in [6.45, 7) is 3.91. The van der Waals surface area contributed by atoms with E-state index in [9.17, 15) is 24.3 Å². The lowest BCUT2D eigenvalue weighted by Gasteiger charge is -2.39. The molecule has 0 bridgehead atoms. The third kappa shape index (κ3) is 5.98. The Bertz CT molecular complexity index is 1820. The minimum atomic E-state index is -1.53. The zero-order valence-electron chi connectivity index (χ0n) is 28.1. The molecule has 5 heterocycles. The summed E-state index contributed by atoms with van der Waals surface area (Å²) in [4.78, 5) is 59.8. The molecule has 2 N–H and O–H groups in total. The third-order valence-corrected chi connectivity index (χ3v) is 10.1. The van der Waals surface area contributed by atoms with Crippen LogP contribution in [-0.4, -0.2) is 97.1 Å². The summed E-state index contributed by atoms with van der Waals surface area (Å²) in [5.74, 6) is -3.81. The van der Waals surface area contributed by atoms with Crippen LogP contribution >= 0.6 is 0 Å². The van der Waals surface area contributed by atoms with E-state index in [4.69, 9.17) is 9.47 Å². The second kappa shape index (κ2) is 13.8. The second-order valence-corrected chi connectivity index (χ2v) is 13.8. The van der Waals surface area contributed by atoms with Gasteiger partial charge in [0, 0.05) is 13.0 Å². The van der Waals surface area contributed by atoms with Crippen LogP contribution in [-0.2, 0) is 35.3 Å². The van der Waals surface area contributed by atoms with Gasteiger partial charge in [-0.25, -0.2) is 4.68 Å². The lowest BCUT2D eigenvalue weighted by atomic mass is 9.78. The molecule has 0 radical (unpaired) electrons. The van der Waals surface area contributed by atoms with Crippen molar-refractivity contribution in [3.05, 3.63) is 84.5 Å². The topological polar surface area (TPSA) is 156 Å². The van der Waals surface area contributed by atoms with E-state index >= 15 is 0 Å². The largest absolute Gasteiger partial charge is 0.455 e. The maximum atomic E-state index is 14.9. The standard InChI is InChI=1S/C37H42N6O7/c1-23(2)19-25(21-44)43-33-35(47)41(22-42-27-14-7-6-13-26(27)39-40-42)18-10-17-37(33)32(34(43)46)31-28(50-37)15-8-9-16-30(45)38-20-29(49-36(31)48)24-11-4-3-5-12-24/h3-8,10-15,17,23,25,28-29,31-33,44H,9,16,18-22H2,1-2H3,(H,38,45)/b15-8-/t25-,28+,29-,31-,32-,33+,37-/m1/s1. The molecule has 0 unspecified atom stereocenters. The number of nitrogens with one attached hydrogen (secondary N) is 1. The molecule has 1 aromatic heterocycles. The van der Waals surface area contributed by atoms with Gasteiger partial charge in [-0.15, -0.1) is 5.10 Å². The van der Waals surface area contributed by atoms with Crippen LogP contribution in [0.2, 0.25) is 0 Å². The number of nitrogens with zero attached hydrogens (tertiary/aromatic N) is 5. The molecule has 262 valence electrons. The van der Waals surface area contributed by atoms with Gasteiger partial charge < -0.3 is 29.7 Å². The molecule has 4 aliphatic rings. The number of fused-ring (bicyclic) bond motifs is 3. The van der Waals surface area contributed by atoms with Crippen molar-refractivity contribution in [2.75, 3.05) is 19.7 Å². The fourth-order valence-electron chi connectivity index (χ4n) is 7.92. The van der Waals surface area contributed by atoms with Crippen molar-refractivity contribution >= 4 is 34.7 Å². The smallest absolute Gasteiger partial charge is 0.313 e. The molecule has 3 aromatic rings. The summed E-state index contributed by atoms with van der Waals surface area (Å²) in [6.07, 6.45) is 6.34. The number of hydrogen-bond acceptors (Lipinski definition) is 9. The maximum absolute atomic E-state index is 14.9. The fourth-order valence-corrected chi connectivity index (χ4v) is 7.92. The number of hydrogen-bond donors (Lipinski definition) is 2. The van der Waals surface area contributed by atoms with Crippen LogP contribution in [0.4, 0.5) is 0 Å². The van der Waals surface area contributed by atoms with Gasteiger partial charge in [0.25, 0.3) is 5.91 Å². The van der Waals surface area contributed by atoms with Crippen molar-refractivity contribution in [2.45, 2.75) is 69.7 Å². The highest BCUT2D eigenvalue weighted by Crippen LogP contribution is 2.54. The Labute approximate surface area is 289 Å². The monoisotopic (exact) mass is 682 g/mol. The minimum absolute atomic E-state index is 0.0559. The van der Waals surface area contributed by atoms with Gasteiger partial charge in [0.2, 0.25) is 11.8 Å². The van der Waals surface area contributed by atoms with Crippen LogP contribution in [0.25, 0.3) is 11.0 Å². The molecule has 0 saturated carbocycles. The Kier molecular flexibility index (Phi) is 9.27. The van der Waals surface area contributed by atoms with Crippen LogP contribution in [0.1, 0.15) is 44.8 Å². The number of carbonyl (C=O) groups is 4. The summed E-state index contributed by atoms with van der Waals surface area (Å²) < 4.78 is 14.6. The average molecular weight is 683 g/mol. The first kappa shape index (κ1) is 33.6. The van der Waals surface area contributed by atoms with E-state index < -0.39 is 53.6 Å². The van der Waals surface area contributed by atoms with Gasteiger partial charge in [0.15, 0.2) is 0 Å². The number of rotatable bonds is 7. The molecule has 4 aliphatic heterocycles. The summed E-state index contributed by atoms with van der Waals surface area (Å²) in [5, 5.41) is 22.1. The van der Waals surface area contributed by atoms with E-state index in [2.05, 4.69) is 15.6 Å². The first-order valence-electron chi connectivity index (χ1n) is 17.3. The summed E-state index contributed by atoms with van der Waals surface area (Å²) in [7, 11) is 0. The van der Waals surface area contributed by atoms with Crippen LogP contribution in [0, 0.1) is 17.8 Å². The van der Waals surface area contributed by atoms with E-state index in [-0.39, 0.29) is 50.5 Å². The lowest BCUT2D eigenvalue weighted by molar-refractivity contribution is -0.161. The number of amides is 3. The number of aliphatic hydroxyl groups excluding tert-OH is 1. The molecular formula is C37H42N6O7. The molecule has 13 nitrogen and oxygen atoms in total. The van der Waals surface area contributed by atoms with Crippen molar-refractivity contribution in [1.82, 2.24) is 30.1 Å². The first-order valence-corrected chi connectivity index (χ1v) is 17.3. The van der Waals surface area contributed by atoms with Crippen LogP contribution in [0.3, 0.4) is 0 Å². The van der Waals surface area contributed by atoms with Gasteiger partial charge in [-0.2, -0.15) is 0 Å². The highest BCUT2D eigenvalue weighted by atomic mass is 16.6. The van der Waals surface area contributed by atoms with E-state index in [0.29, 0.717) is 23.9 Å². The highest BCUT2D eigenvalue weighted by Gasteiger charge is 2.72. The van der Waals surface area contributed by atoms with E-state index in [1.807, 2.05) is 68.4 Å². The molecular weight excluding hydrogens is 640 g/mol. The number of ether oxygens (including phenoxy) is 2. The number of likely N-dealkylation sites (tertiary alicyclic amines) is 1. The van der Waals surface area contributed by atoms with Gasteiger partial charge in [0.05, 0.1) is 36.7 Å². The van der Waals surface area contributed by atoms with Gasteiger partial charge in [-0.1, -0.05) is 85.8 Å². The molecule has 13 heteroatoms. The number of esters is 1. The highest BCUT2D eigenvalue weighted by molar-refractivity contribution is 5.99. The molecule has 7 atom stereocenters. The van der Waals surface area contributed by atoms with Crippen molar-refractivity contribution in [3.8, 4) is 0 Å². The molecule has 1 spiro atoms. The number of para-hydroxylation sites is 1. The van der Waals surface area contributed by atoms with Gasteiger partial charge in [-0.3, -0.25) is 19.2 Å². The molecule has 2 saturated heterocycles. The lowest BCUT2D eigenvalue weighted by Crippen LogP contribution is -2.58. The normalized spacial score (nSPS) is 29.8. The summed E-state index contributed by atoms with van der Waals surface area (Å²) >= 11 is 0. The van der Waals surface area contributed by atoms with Crippen molar-refractivity contribution in [3.63, 3.8) is 0 Å². The summed E-state index contributed by atoms with van der Waals surface area (Å²) in [6, 6.07) is 14.7. The van der Waals surface area contributed by atoms with E-state index in [1.165, 1.54) is 4.90 Å². The molecule has 50 heavy (non-hydrogen) atoms. The van der Waals surface area contributed by atoms with Crippen molar-refractivity contribution < 1.29 is 33.8 Å². The molecule has 3 amide bonds. The summed E-state index contributed by atoms with van der Waals surface area (Å²) in [5.41, 5.74) is 0.584. The van der Waals surface area contributed by atoms with Crippen LogP contribution < -0.4 is 5.32 Å². The fraction of sp³-hybridized carbons (Fsp3) is 0.459. The number of benzene rings is 2. The Morgan fingerprint density at radius 3 is 2.58 bits per heavy atom. The Morgan fingerprint density at radius 2 is 1.80 bits per heavy atom. The third-order valence-electron chi connectivity index (χ3n) is 10.1. The Balaban J connectivity index is 1.30. The Hall–Kier alpha value is -4.88. The quantitative estimate of drug-likeness (QED) is 0.283. The minimum Gasteiger partial charge on any atom is -0.455 e. The number of carbonyl (C=O) groups excluding carboxylic acids is 4. The molecule has 7 rings (SSSR count).